The van der Waals surface area contributed by atoms with Crippen LogP contribution >= 0.6 is 0 Å². The Bertz CT molecular complexity index is 1230. The summed E-state index contributed by atoms with van der Waals surface area (Å²) < 4.78 is 32.2. The standard InChI is InChI=1S/C37H58O8/c1-18(2)20-15-22(42-31-28(40)27(39)29(41-8)23(17-38)43-31)30-34(20,5)13-14-35(6)26-19(9-11-36(30,35)7)37-12-10-25-33(3,4)24(37)16-21(26)44-32(37)45-25/h9,18,20-32,38-40H,10-17H2,1-8H3/t20-,21-,22+,23+,24-,25-,26-,27+,28-,29+,30-,31-,32?,34-,35-,36+,37-/m0/s1. The largest absolute Gasteiger partial charge is 0.394 e. The number of rotatable bonds is 5. The highest BCUT2D eigenvalue weighted by molar-refractivity contribution is 5.39. The van der Waals surface area contributed by atoms with Crippen LogP contribution < -0.4 is 0 Å². The van der Waals surface area contributed by atoms with E-state index in [0.29, 0.717) is 23.7 Å². The van der Waals surface area contributed by atoms with Gasteiger partial charge in [0.25, 0.3) is 0 Å². The fourth-order valence-electron chi connectivity index (χ4n) is 13.9. The molecule has 17 atom stereocenters. The molecule has 9 fully saturated rings. The van der Waals surface area contributed by atoms with Gasteiger partial charge in [0.2, 0.25) is 0 Å². The van der Waals surface area contributed by atoms with E-state index in [1.165, 1.54) is 13.5 Å². The number of aliphatic hydroxyl groups excluding tert-OH is 3. The minimum atomic E-state index is -1.26. The van der Waals surface area contributed by atoms with E-state index in [1.807, 2.05) is 0 Å². The van der Waals surface area contributed by atoms with Gasteiger partial charge < -0.3 is 39.0 Å². The molecule has 8 nitrogen and oxygen atoms in total. The van der Waals surface area contributed by atoms with Crippen molar-refractivity contribution in [2.45, 2.75) is 149 Å². The van der Waals surface area contributed by atoms with Crippen molar-refractivity contribution in [2.24, 2.45) is 56.7 Å². The van der Waals surface area contributed by atoms with E-state index in [-0.39, 0.29) is 64.2 Å². The highest BCUT2D eigenvalue weighted by atomic mass is 16.7. The van der Waals surface area contributed by atoms with Gasteiger partial charge >= 0.3 is 0 Å². The molecular formula is C37H58O8. The summed E-state index contributed by atoms with van der Waals surface area (Å²) in [6.07, 6.45) is 5.38. The molecule has 0 aromatic heterocycles. The number of aliphatic hydroxyl groups is 3. The Hall–Kier alpha value is -0.580. The van der Waals surface area contributed by atoms with Crippen molar-refractivity contribution in [1.82, 2.24) is 0 Å². The maximum atomic E-state index is 11.2. The maximum absolute atomic E-state index is 11.2. The molecule has 0 aromatic carbocycles. The molecule has 0 amide bonds. The van der Waals surface area contributed by atoms with Crippen LogP contribution in [0.4, 0.5) is 0 Å². The third-order valence-corrected chi connectivity index (χ3v) is 16.1. The van der Waals surface area contributed by atoms with Crippen LogP contribution in [0.5, 0.6) is 0 Å². The number of hydrogen-bond acceptors (Lipinski definition) is 8. The van der Waals surface area contributed by atoms with Crippen molar-refractivity contribution in [3.8, 4) is 0 Å². The molecule has 5 heterocycles. The zero-order valence-corrected chi connectivity index (χ0v) is 28.7. The molecule has 0 aromatic rings. The number of allylic oxidation sites excluding steroid dienone is 1. The molecule has 10 rings (SSSR count). The quantitative estimate of drug-likeness (QED) is 0.371. The van der Waals surface area contributed by atoms with Gasteiger partial charge in [-0.25, -0.2) is 0 Å². The van der Waals surface area contributed by atoms with Gasteiger partial charge in [0.05, 0.1) is 24.9 Å². The van der Waals surface area contributed by atoms with Crippen LogP contribution in [0.2, 0.25) is 0 Å². The van der Waals surface area contributed by atoms with Crippen molar-refractivity contribution < 1.29 is 39.0 Å². The van der Waals surface area contributed by atoms with Crippen LogP contribution in [0, 0.1) is 56.7 Å². The first kappa shape index (κ1) is 31.7. The molecule has 3 N–H and O–H groups in total. The van der Waals surface area contributed by atoms with E-state index < -0.39 is 30.7 Å². The molecule has 5 bridgehead atoms. The van der Waals surface area contributed by atoms with E-state index in [0.717, 1.165) is 38.5 Å². The lowest BCUT2D eigenvalue weighted by Crippen LogP contribution is -2.76. The Morgan fingerprint density at radius 2 is 1.71 bits per heavy atom. The average molecular weight is 631 g/mol. The third-order valence-electron chi connectivity index (χ3n) is 16.1. The highest BCUT2D eigenvalue weighted by Crippen LogP contribution is 2.79. The van der Waals surface area contributed by atoms with Gasteiger partial charge in [0.1, 0.15) is 24.4 Å². The molecule has 254 valence electrons. The molecule has 45 heavy (non-hydrogen) atoms. The Labute approximate surface area is 269 Å². The summed E-state index contributed by atoms with van der Waals surface area (Å²) in [7, 11) is 1.46. The number of ether oxygens (including phenoxy) is 5. The zero-order valence-electron chi connectivity index (χ0n) is 28.7. The fraction of sp³-hybridized carbons (Fsp3) is 0.946. The third kappa shape index (κ3) is 3.72. The number of hydrogen-bond donors (Lipinski definition) is 3. The Balaban J connectivity index is 1.18. The maximum Gasteiger partial charge on any atom is 0.186 e. The molecule has 1 unspecified atom stereocenters. The van der Waals surface area contributed by atoms with Crippen LogP contribution in [0.1, 0.15) is 93.4 Å². The second-order valence-corrected chi connectivity index (χ2v) is 18.1. The first-order chi connectivity index (χ1) is 21.2. The van der Waals surface area contributed by atoms with Crippen molar-refractivity contribution >= 4 is 0 Å². The van der Waals surface area contributed by atoms with Crippen LogP contribution in [-0.4, -0.2) is 84.3 Å². The second kappa shape index (κ2) is 9.99. The summed E-state index contributed by atoms with van der Waals surface area (Å²) in [5.74, 6) is 2.15. The van der Waals surface area contributed by atoms with Gasteiger partial charge in [0.15, 0.2) is 12.6 Å². The van der Waals surface area contributed by atoms with Crippen molar-refractivity contribution in [3.63, 3.8) is 0 Å². The van der Waals surface area contributed by atoms with Crippen LogP contribution in [-0.2, 0) is 23.7 Å². The Kier molecular flexibility index (Phi) is 7.03. The van der Waals surface area contributed by atoms with Gasteiger partial charge in [-0.1, -0.05) is 60.1 Å². The lowest BCUT2D eigenvalue weighted by Gasteiger charge is -2.76. The Morgan fingerprint density at radius 1 is 0.956 bits per heavy atom. The van der Waals surface area contributed by atoms with Crippen LogP contribution in [0.25, 0.3) is 0 Å². The first-order valence-corrected chi connectivity index (χ1v) is 18.0. The molecule has 1 spiro atoms. The van der Waals surface area contributed by atoms with Crippen LogP contribution in [0.15, 0.2) is 11.6 Å². The molecule has 10 aliphatic rings. The van der Waals surface area contributed by atoms with E-state index in [9.17, 15) is 15.3 Å². The minimum absolute atomic E-state index is 0.0117. The van der Waals surface area contributed by atoms with Gasteiger partial charge in [-0.05, 0) is 90.3 Å². The summed E-state index contributed by atoms with van der Waals surface area (Å²) in [6.45, 7) is 16.9. The van der Waals surface area contributed by atoms with Crippen molar-refractivity contribution in [3.05, 3.63) is 11.6 Å². The molecule has 0 radical (unpaired) electrons. The summed E-state index contributed by atoms with van der Waals surface area (Å²) in [5, 5.41) is 32.2. The molecular weight excluding hydrogens is 572 g/mol. The predicted octanol–water partition coefficient (Wildman–Crippen LogP) is 4.83. The average Bonchev–Trinajstić information content (AvgIpc) is 3.31. The highest BCUT2D eigenvalue weighted by Gasteiger charge is 2.77. The topological polar surface area (TPSA) is 107 Å². The molecule has 4 saturated carbocycles. The molecule has 8 heteroatoms. The second-order valence-electron chi connectivity index (χ2n) is 18.1. The van der Waals surface area contributed by atoms with Crippen molar-refractivity contribution in [1.29, 1.82) is 0 Å². The SMILES string of the molecule is CO[C@H]1[C@H](O)[C@H](O)[C@@H](O[C@@H]2C[C@@H](C(C)C)[C@]3(C)CC[C@@]4(C)[C@H]5C(=CC[C@]4(C)[C@@H]23)[C@]23CC[C@@H]4OC2O[C@H]5C[C@H]3C4(C)C)O[C@@H]1CO. The van der Waals surface area contributed by atoms with E-state index in [1.54, 1.807) is 5.57 Å². The fourth-order valence-corrected chi connectivity index (χ4v) is 13.9. The normalized spacial score (nSPS) is 59.0. The molecule has 5 aliphatic carbocycles. The van der Waals surface area contributed by atoms with E-state index >= 15 is 0 Å². The lowest BCUT2D eigenvalue weighted by atomic mass is 9.33. The number of fused-ring (bicyclic) bond motifs is 4. The lowest BCUT2D eigenvalue weighted by molar-refractivity contribution is -0.405. The summed E-state index contributed by atoms with van der Waals surface area (Å²) in [5.41, 5.74) is 1.81. The van der Waals surface area contributed by atoms with Gasteiger partial charge in [-0.3, -0.25) is 0 Å². The zero-order chi connectivity index (χ0) is 32.1. The van der Waals surface area contributed by atoms with E-state index in [4.69, 9.17) is 23.7 Å². The Morgan fingerprint density at radius 3 is 2.40 bits per heavy atom. The smallest absolute Gasteiger partial charge is 0.186 e. The number of methoxy groups -OCH3 is 1. The summed E-state index contributed by atoms with van der Waals surface area (Å²) in [6, 6.07) is 0. The van der Waals surface area contributed by atoms with Gasteiger partial charge in [-0.15, -0.1) is 0 Å². The van der Waals surface area contributed by atoms with E-state index in [2.05, 4.69) is 54.5 Å². The molecule has 5 aliphatic heterocycles. The molecule has 5 saturated heterocycles. The predicted molar refractivity (Wildman–Crippen MR) is 167 cm³/mol. The monoisotopic (exact) mass is 630 g/mol. The minimum Gasteiger partial charge on any atom is -0.394 e. The van der Waals surface area contributed by atoms with Crippen molar-refractivity contribution in [2.75, 3.05) is 13.7 Å². The van der Waals surface area contributed by atoms with Gasteiger partial charge in [0, 0.05) is 18.4 Å². The first-order valence-electron chi connectivity index (χ1n) is 18.0. The summed E-state index contributed by atoms with van der Waals surface area (Å²) >= 11 is 0. The summed E-state index contributed by atoms with van der Waals surface area (Å²) in [4.78, 5) is 0. The van der Waals surface area contributed by atoms with Gasteiger partial charge in [-0.2, -0.15) is 0 Å². The van der Waals surface area contributed by atoms with Crippen LogP contribution in [0.3, 0.4) is 0 Å².